The van der Waals surface area contributed by atoms with Gasteiger partial charge in [0.25, 0.3) is 0 Å². The van der Waals surface area contributed by atoms with Gasteiger partial charge in [-0.25, -0.2) is 9.48 Å². The minimum absolute atomic E-state index is 0.0122. The van der Waals surface area contributed by atoms with Gasteiger partial charge in [0.1, 0.15) is 5.75 Å². The minimum atomic E-state index is -0.195. The van der Waals surface area contributed by atoms with Gasteiger partial charge in [0.2, 0.25) is 0 Å². The summed E-state index contributed by atoms with van der Waals surface area (Å²) in [7, 11) is 1.66. The van der Waals surface area contributed by atoms with E-state index in [0.29, 0.717) is 0 Å². The second-order valence-corrected chi connectivity index (χ2v) is 7.49. The van der Waals surface area contributed by atoms with Crippen LogP contribution in [0.3, 0.4) is 0 Å². The summed E-state index contributed by atoms with van der Waals surface area (Å²) in [6, 6.07) is 17.1. The maximum Gasteiger partial charge on any atom is 0.319 e. The van der Waals surface area contributed by atoms with Crippen molar-refractivity contribution in [1.29, 1.82) is 0 Å². The van der Waals surface area contributed by atoms with Crippen LogP contribution >= 0.6 is 0 Å². The summed E-state index contributed by atoms with van der Waals surface area (Å²) in [5.74, 6) is 1.04. The molecule has 6 heteroatoms. The molecular formula is C24H26N4O2. The SMILES string of the molecule is COc1ccc(-n2nc(C)c(C3C=CC(NC(=O)Nc4ccccc4)C3)c2C)cc1. The molecule has 0 saturated carbocycles. The van der Waals surface area contributed by atoms with Gasteiger partial charge in [-0.3, -0.25) is 0 Å². The number of carbonyl (C=O) groups is 1. The Morgan fingerprint density at radius 1 is 1.07 bits per heavy atom. The number of aromatic nitrogens is 2. The molecule has 2 aromatic carbocycles. The van der Waals surface area contributed by atoms with Crippen molar-refractivity contribution in [2.45, 2.75) is 32.2 Å². The van der Waals surface area contributed by atoms with Gasteiger partial charge in [-0.15, -0.1) is 0 Å². The number of aryl methyl sites for hydroxylation is 1. The van der Waals surface area contributed by atoms with Gasteiger partial charge in [-0.1, -0.05) is 30.4 Å². The molecule has 0 bridgehead atoms. The molecule has 3 aromatic rings. The fourth-order valence-corrected chi connectivity index (χ4v) is 4.04. The van der Waals surface area contributed by atoms with Crippen LogP contribution in [0.1, 0.15) is 29.3 Å². The number of amides is 2. The van der Waals surface area contributed by atoms with E-state index < -0.39 is 0 Å². The first-order valence-electron chi connectivity index (χ1n) is 10.1. The molecule has 1 aliphatic carbocycles. The predicted molar refractivity (Wildman–Crippen MR) is 118 cm³/mol. The number of carbonyl (C=O) groups excluding carboxylic acids is 1. The Labute approximate surface area is 176 Å². The lowest BCUT2D eigenvalue weighted by Crippen LogP contribution is -2.36. The molecule has 0 aliphatic heterocycles. The zero-order chi connectivity index (χ0) is 21.1. The van der Waals surface area contributed by atoms with Crippen LogP contribution in [0.4, 0.5) is 10.5 Å². The molecule has 2 amide bonds. The number of benzene rings is 2. The number of ether oxygens (including phenoxy) is 1. The number of hydrogen-bond acceptors (Lipinski definition) is 3. The minimum Gasteiger partial charge on any atom is -0.497 e. The fraction of sp³-hybridized carbons (Fsp3) is 0.250. The van der Waals surface area contributed by atoms with Crippen LogP contribution < -0.4 is 15.4 Å². The monoisotopic (exact) mass is 402 g/mol. The quantitative estimate of drug-likeness (QED) is 0.606. The summed E-state index contributed by atoms with van der Waals surface area (Å²) >= 11 is 0. The number of methoxy groups -OCH3 is 1. The first kappa shape index (κ1) is 19.8. The largest absolute Gasteiger partial charge is 0.497 e. The van der Waals surface area contributed by atoms with Crippen LogP contribution in [0, 0.1) is 13.8 Å². The van der Waals surface area contributed by atoms with E-state index in [4.69, 9.17) is 9.84 Å². The van der Waals surface area contributed by atoms with Crippen molar-refractivity contribution in [3.05, 3.63) is 83.7 Å². The number of nitrogens with one attached hydrogen (secondary N) is 2. The topological polar surface area (TPSA) is 68.2 Å². The van der Waals surface area contributed by atoms with Crippen molar-refractivity contribution >= 4 is 11.7 Å². The Bertz CT molecular complexity index is 1050. The average Bonchev–Trinajstić information content (AvgIpc) is 3.32. The average molecular weight is 402 g/mol. The van der Waals surface area contributed by atoms with E-state index in [9.17, 15) is 4.79 Å². The zero-order valence-corrected chi connectivity index (χ0v) is 17.4. The molecule has 30 heavy (non-hydrogen) atoms. The third kappa shape index (κ3) is 4.08. The highest BCUT2D eigenvalue weighted by atomic mass is 16.5. The van der Waals surface area contributed by atoms with E-state index >= 15 is 0 Å². The van der Waals surface area contributed by atoms with Gasteiger partial charge in [-0.2, -0.15) is 5.10 Å². The van der Waals surface area contributed by atoms with Crippen molar-refractivity contribution in [3.63, 3.8) is 0 Å². The van der Waals surface area contributed by atoms with E-state index in [0.717, 1.165) is 34.9 Å². The molecule has 2 N–H and O–H groups in total. The first-order chi connectivity index (χ1) is 14.5. The molecule has 1 heterocycles. The standard InChI is InChI=1S/C24H26N4O2/c1-16-23(17(2)28(27-16)21-11-13-22(30-3)14-12-21)18-9-10-20(15-18)26-24(29)25-19-7-5-4-6-8-19/h4-14,18,20H,15H2,1-3H3,(H2,25,26,29). The lowest BCUT2D eigenvalue weighted by molar-refractivity contribution is 0.250. The molecule has 2 unspecified atom stereocenters. The molecule has 0 radical (unpaired) electrons. The van der Waals surface area contributed by atoms with E-state index in [1.807, 2.05) is 66.2 Å². The van der Waals surface area contributed by atoms with Crippen LogP contribution in [0.5, 0.6) is 5.75 Å². The molecule has 154 valence electrons. The van der Waals surface area contributed by atoms with Crippen molar-refractivity contribution in [3.8, 4) is 11.4 Å². The molecule has 1 aromatic heterocycles. The third-order valence-electron chi connectivity index (χ3n) is 5.47. The Balaban J connectivity index is 1.44. The second kappa shape index (κ2) is 8.45. The highest BCUT2D eigenvalue weighted by molar-refractivity contribution is 5.89. The molecular weight excluding hydrogens is 376 g/mol. The van der Waals surface area contributed by atoms with Crippen LogP contribution in [-0.4, -0.2) is 29.0 Å². The number of hydrogen-bond donors (Lipinski definition) is 2. The number of allylic oxidation sites excluding steroid dienone is 1. The molecule has 0 fully saturated rings. The zero-order valence-electron chi connectivity index (χ0n) is 17.4. The van der Waals surface area contributed by atoms with Crippen LogP contribution in [0.2, 0.25) is 0 Å². The predicted octanol–water partition coefficient (Wildman–Crippen LogP) is 4.73. The highest BCUT2D eigenvalue weighted by Crippen LogP contribution is 2.34. The maximum atomic E-state index is 12.3. The Morgan fingerprint density at radius 3 is 2.50 bits per heavy atom. The number of para-hydroxylation sites is 1. The smallest absolute Gasteiger partial charge is 0.319 e. The van der Waals surface area contributed by atoms with Crippen molar-refractivity contribution in [1.82, 2.24) is 15.1 Å². The second-order valence-electron chi connectivity index (χ2n) is 7.49. The molecule has 1 aliphatic rings. The van der Waals surface area contributed by atoms with E-state index in [1.165, 1.54) is 5.56 Å². The van der Waals surface area contributed by atoms with E-state index in [-0.39, 0.29) is 18.0 Å². The van der Waals surface area contributed by atoms with Gasteiger partial charge < -0.3 is 15.4 Å². The number of nitrogens with zero attached hydrogens (tertiary/aromatic N) is 2. The van der Waals surface area contributed by atoms with Gasteiger partial charge in [0.15, 0.2) is 0 Å². The van der Waals surface area contributed by atoms with Gasteiger partial charge >= 0.3 is 6.03 Å². The van der Waals surface area contributed by atoms with E-state index in [1.54, 1.807) is 7.11 Å². The van der Waals surface area contributed by atoms with Crippen molar-refractivity contribution in [2.75, 3.05) is 12.4 Å². The normalized spacial score (nSPS) is 17.7. The van der Waals surface area contributed by atoms with Crippen LogP contribution in [0.25, 0.3) is 5.69 Å². The summed E-state index contributed by atoms with van der Waals surface area (Å²) in [5.41, 5.74) is 5.12. The summed E-state index contributed by atoms with van der Waals surface area (Å²) in [4.78, 5) is 12.3. The van der Waals surface area contributed by atoms with Gasteiger partial charge in [-0.05, 0) is 56.7 Å². The lowest BCUT2D eigenvalue weighted by Gasteiger charge is -2.15. The highest BCUT2D eigenvalue weighted by Gasteiger charge is 2.27. The molecule has 2 atom stereocenters. The van der Waals surface area contributed by atoms with Crippen molar-refractivity contribution in [2.24, 2.45) is 0 Å². The number of anilines is 1. The van der Waals surface area contributed by atoms with Gasteiger partial charge in [0, 0.05) is 28.9 Å². The molecule has 0 saturated heterocycles. The summed E-state index contributed by atoms with van der Waals surface area (Å²) < 4.78 is 7.22. The molecule has 4 rings (SSSR count). The summed E-state index contributed by atoms with van der Waals surface area (Å²) in [6.07, 6.45) is 5.06. The third-order valence-corrected chi connectivity index (χ3v) is 5.47. The summed E-state index contributed by atoms with van der Waals surface area (Å²) in [5, 5.41) is 10.7. The number of urea groups is 1. The maximum absolute atomic E-state index is 12.3. The number of rotatable bonds is 5. The fourth-order valence-electron chi connectivity index (χ4n) is 4.04. The molecule has 6 nitrogen and oxygen atoms in total. The first-order valence-corrected chi connectivity index (χ1v) is 10.1. The van der Waals surface area contributed by atoms with Crippen molar-refractivity contribution < 1.29 is 9.53 Å². The Morgan fingerprint density at radius 2 is 1.80 bits per heavy atom. The van der Waals surface area contributed by atoms with Crippen LogP contribution in [-0.2, 0) is 0 Å². The van der Waals surface area contributed by atoms with Crippen LogP contribution in [0.15, 0.2) is 66.7 Å². The summed E-state index contributed by atoms with van der Waals surface area (Å²) in [6.45, 7) is 4.13. The molecule has 0 spiro atoms. The van der Waals surface area contributed by atoms with E-state index in [2.05, 4.69) is 29.7 Å². The lowest BCUT2D eigenvalue weighted by atomic mass is 9.96. The van der Waals surface area contributed by atoms with Gasteiger partial charge in [0.05, 0.1) is 18.5 Å². The Hall–Kier alpha value is -3.54. The Kier molecular flexibility index (Phi) is 5.57.